The first-order chi connectivity index (χ1) is 11.2. The highest BCUT2D eigenvalue weighted by Crippen LogP contribution is 2.42. The fourth-order valence-electron chi connectivity index (χ4n) is 2.54. The topological polar surface area (TPSA) is 28.0 Å². The maximum Gasteiger partial charge on any atom is 0.419 e. The second-order valence-electron chi connectivity index (χ2n) is 5.40. The van der Waals surface area contributed by atoms with E-state index in [0.717, 1.165) is 17.7 Å². The fraction of sp³-hybridized carbons (Fsp3) is 0.412. The highest BCUT2D eigenvalue weighted by molar-refractivity contribution is 5.99. The summed E-state index contributed by atoms with van der Waals surface area (Å²) in [4.78, 5) is 4.30. The summed E-state index contributed by atoms with van der Waals surface area (Å²) in [6.07, 6.45) is -2.08. The molecule has 1 heterocycles. The van der Waals surface area contributed by atoms with Crippen LogP contribution < -0.4 is 0 Å². The molecule has 1 aliphatic heterocycles. The van der Waals surface area contributed by atoms with Crippen molar-refractivity contribution in [1.29, 1.82) is 0 Å². The van der Waals surface area contributed by atoms with Gasteiger partial charge in [0, 0.05) is 24.3 Å². The van der Waals surface area contributed by atoms with E-state index in [-0.39, 0.29) is 11.3 Å². The Morgan fingerprint density at radius 3 is 2.46 bits per heavy atom. The summed E-state index contributed by atoms with van der Waals surface area (Å²) < 4.78 is 53.2. The standard InChI is InChI=1S/C17H19F4N3/c1-5-10(4)16-11-8-12(17(19,20)21)13(18)9-14(11)23-15(6-2)24(16)22-7-3/h7-9H,5-6H2,1-4H3/b16-10?,22-7-. The average Bonchev–Trinajstić information content (AvgIpc) is 2.52. The van der Waals surface area contributed by atoms with Crippen molar-refractivity contribution in [1.82, 2.24) is 5.01 Å². The Balaban J connectivity index is 2.83. The van der Waals surface area contributed by atoms with Crippen molar-refractivity contribution in [3.63, 3.8) is 0 Å². The van der Waals surface area contributed by atoms with E-state index in [1.54, 1.807) is 18.1 Å². The molecule has 0 bridgehead atoms. The predicted molar refractivity (Wildman–Crippen MR) is 87.7 cm³/mol. The summed E-state index contributed by atoms with van der Waals surface area (Å²) in [6, 6.07) is 1.68. The molecule has 0 aromatic heterocycles. The number of fused-ring (bicyclic) bond motifs is 1. The molecule has 2 rings (SSSR count). The Morgan fingerprint density at radius 2 is 1.96 bits per heavy atom. The molecular weight excluding hydrogens is 322 g/mol. The number of benzene rings is 1. The van der Waals surface area contributed by atoms with E-state index in [0.29, 0.717) is 24.4 Å². The zero-order valence-electron chi connectivity index (χ0n) is 14.0. The molecule has 7 heteroatoms. The molecule has 0 spiro atoms. The van der Waals surface area contributed by atoms with E-state index >= 15 is 0 Å². The van der Waals surface area contributed by atoms with Crippen molar-refractivity contribution in [2.24, 2.45) is 10.1 Å². The third-order valence-corrected chi connectivity index (χ3v) is 3.83. The maximum atomic E-state index is 13.9. The van der Waals surface area contributed by atoms with Crippen LogP contribution in [-0.2, 0) is 6.18 Å². The van der Waals surface area contributed by atoms with Crippen LogP contribution >= 0.6 is 0 Å². The van der Waals surface area contributed by atoms with E-state index in [4.69, 9.17) is 0 Å². The predicted octanol–water partition coefficient (Wildman–Crippen LogP) is 5.75. The lowest BCUT2D eigenvalue weighted by Crippen LogP contribution is -2.28. The van der Waals surface area contributed by atoms with Gasteiger partial charge in [0.25, 0.3) is 0 Å². The molecule has 0 aliphatic carbocycles. The molecule has 0 saturated carbocycles. The van der Waals surface area contributed by atoms with Crippen molar-refractivity contribution in [2.45, 2.75) is 46.7 Å². The third kappa shape index (κ3) is 3.20. The molecule has 1 aromatic rings. The molecule has 3 nitrogen and oxygen atoms in total. The molecule has 1 aromatic carbocycles. The van der Waals surface area contributed by atoms with Gasteiger partial charge in [-0.05, 0) is 31.9 Å². The fourth-order valence-corrected chi connectivity index (χ4v) is 2.54. The van der Waals surface area contributed by atoms with Gasteiger partial charge in [0.2, 0.25) is 0 Å². The SMILES string of the molecule is C/C=N\N1C(CC)=Nc2cc(F)c(C(F)(F)F)cc2C1=C(C)CC. The number of allylic oxidation sites excluding steroid dienone is 1. The first-order valence-corrected chi connectivity index (χ1v) is 7.71. The quantitative estimate of drug-likeness (QED) is 0.508. The summed E-state index contributed by atoms with van der Waals surface area (Å²) in [5.74, 6) is -0.760. The molecule has 130 valence electrons. The van der Waals surface area contributed by atoms with Crippen molar-refractivity contribution < 1.29 is 17.6 Å². The van der Waals surface area contributed by atoms with Crippen LogP contribution in [0.3, 0.4) is 0 Å². The van der Waals surface area contributed by atoms with Crippen LogP contribution in [0.1, 0.15) is 51.7 Å². The van der Waals surface area contributed by atoms with Crippen molar-refractivity contribution in [2.75, 3.05) is 0 Å². The van der Waals surface area contributed by atoms with Crippen LogP contribution in [0.25, 0.3) is 5.70 Å². The molecule has 0 N–H and O–H groups in total. The summed E-state index contributed by atoms with van der Waals surface area (Å²) in [6.45, 7) is 7.31. The molecule has 24 heavy (non-hydrogen) atoms. The molecule has 0 amide bonds. The molecular formula is C17H19F4N3. The van der Waals surface area contributed by atoms with Crippen molar-refractivity contribution in [3.8, 4) is 0 Å². The van der Waals surface area contributed by atoms with Gasteiger partial charge in [-0.25, -0.2) is 14.4 Å². The van der Waals surface area contributed by atoms with Crippen molar-refractivity contribution in [3.05, 3.63) is 34.6 Å². The van der Waals surface area contributed by atoms with Gasteiger partial charge in [0.1, 0.15) is 11.7 Å². The third-order valence-electron chi connectivity index (χ3n) is 3.83. The van der Waals surface area contributed by atoms with E-state index in [1.165, 1.54) is 0 Å². The number of hydrogen-bond donors (Lipinski definition) is 0. The van der Waals surface area contributed by atoms with Crippen LogP contribution in [0.15, 0.2) is 27.8 Å². The van der Waals surface area contributed by atoms with Crippen LogP contribution in [0.5, 0.6) is 0 Å². The van der Waals surface area contributed by atoms with Crippen LogP contribution in [-0.4, -0.2) is 17.1 Å². The molecule has 0 saturated heterocycles. The Labute approximate surface area is 138 Å². The summed E-state index contributed by atoms with van der Waals surface area (Å²) in [7, 11) is 0. The lowest BCUT2D eigenvalue weighted by Gasteiger charge is -2.30. The highest BCUT2D eigenvalue weighted by atomic mass is 19.4. The minimum Gasteiger partial charge on any atom is -0.233 e. The first-order valence-electron chi connectivity index (χ1n) is 7.71. The Morgan fingerprint density at radius 1 is 1.29 bits per heavy atom. The molecule has 0 radical (unpaired) electrons. The van der Waals surface area contributed by atoms with Gasteiger partial charge in [-0.3, -0.25) is 0 Å². The number of alkyl halides is 3. The normalized spacial score (nSPS) is 17.2. The average molecular weight is 341 g/mol. The molecule has 0 fully saturated rings. The summed E-state index contributed by atoms with van der Waals surface area (Å²) in [5.41, 5.74) is 0.525. The van der Waals surface area contributed by atoms with Crippen LogP contribution in [0.2, 0.25) is 0 Å². The zero-order chi connectivity index (χ0) is 18.1. The number of amidine groups is 1. The van der Waals surface area contributed by atoms with E-state index in [2.05, 4.69) is 10.1 Å². The van der Waals surface area contributed by atoms with Crippen LogP contribution in [0, 0.1) is 5.82 Å². The van der Waals surface area contributed by atoms with E-state index in [9.17, 15) is 17.6 Å². The molecule has 1 aliphatic rings. The van der Waals surface area contributed by atoms with Gasteiger partial charge < -0.3 is 0 Å². The Kier molecular flexibility index (Phi) is 5.11. The number of hydrazone groups is 1. The highest BCUT2D eigenvalue weighted by Gasteiger charge is 2.37. The smallest absolute Gasteiger partial charge is 0.233 e. The molecule has 0 atom stereocenters. The number of aliphatic imine (C=N–C) groups is 1. The summed E-state index contributed by atoms with van der Waals surface area (Å²) in [5, 5.41) is 5.79. The lowest BCUT2D eigenvalue weighted by molar-refractivity contribution is -0.140. The largest absolute Gasteiger partial charge is 0.419 e. The van der Waals surface area contributed by atoms with E-state index < -0.39 is 17.6 Å². The van der Waals surface area contributed by atoms with Gasteiger partial charge in [-0.15, -0.1) is 0 Å². The maximum absolute atomic E-state index is 13.9. The Hall–Kier alpha value is -2.18. The van der Waals surface area contributed by atoms with Gasteiger partial charge in [0.15, 0.2) is 0 Å². The van der Waals surface area contributed by atoms with Crippen molar-refractivity contribution >= 4 is 23.4 Å². The number of halogens is 4. The number of rotatable bonds is 3. The first kappa shape index (κ1) is 18.2. The van der Waals surface area contributed by atoms with E-state index in [1.807, 2.05) is 20.8 Å². The molecule has 0 unspecified atom stereocenters. The summed E-state index contributed by atoms with van der Waals surface area (Å²) >= 11 is 0. The minimum absolute atomic E-state index is 0.197. The Bertz CT molecular complexity index is 730. The second kappa shape index (κ2) is 6.75. The van der Waals surface area contributed by atoms with Gasteiger partial charge >= 0.3 is 6.18 Å². The number of nitrogens with zero attached hydrogens (tertiary/aromatic N) is 3. The minimum atomic E-state index is -4.77. The zero-order valence-corrected chi connectivity index (χ0v) is 14.0. The van der Waals surface area contributed by atoms with Gasteiger partial charge in [-0.2, -0.15) is 18.3 Å². The lowest BCUT2D eigenvalue weighted by atomic mass is 9.98. The van der Waals surface area contributed by atoms with Gasteiger partial charge in [-0.1, -0.05) is 13.8 Å². The second-order valence-corrected chi connectivity index (χ2v) is 5.40. The van der Waals surface area contributed by atoms with Gasteiger partial charge in [0.05, 0.1) is 16.9 Å². The monoisotopic (exact) mass is 341 g/mol. The van der Waals surface area contributed by atoms with Crippen LogP contribution in [0.4, 0.5) is 23.2 Å². The number of hydrogen-bond acceptors (Lipinski definition) is 3.